The summed E-state index contributed by atoms with van der Waals surface area (Å²) >= 11 is 3.27. The van der Waals surface area contributed by atoms with Gasteiger partial charge in [0.25, 0.3) is 0 Å². The predicted molar refractivity (Wildman–Crippen MR) is 83.7 cm³/mol. The molecule has 0 aliphatic heterocycles. The quantitative estimate of drug-likeness (QED) is 0.706. The Kier molecular flexibility index (Phi) is 3.88. The second kappa shape index (κ2) is 5.80. The van der Waals surface area contributed by atoms with Crippen LogP contribution in [0.25, 0.3) is 10.2 Å². The maximum Gasteiger partial charge on any atom is 0.225 e. The van der Waals surface area contributed by atoms with E-state index < -0.39 is 0 Å². The SMILES string of the molecule is CCNc1nc(Sc2ncc[nH]2)c2cc(CC)sc2n1. The van der Waals surface area contributed by atoms with Gasteiger partial charge in [-0.1, -0.05) is 6.92 Å². The van der Waals surface area contributed by atoms with Gasteiger partial charge in [0.05, 0.1) is 0 Å². The number of rotatable bonds is 5. The normalized spacial score (nSPS) is 11.1. The molecule has 0 unspecified atom stereocenters. The van der Waals surface area contributed by atoms with E-state index in [0.717, 1.165) is 33.4 Å². The fourth-order valence-electron chi connectivity index (χ4n) is 1.83. The van der Waals surface area contributed by atoms with Crippen LogP contribution in [0, 0.1) is 0 Å². The third-order valence-electron chi connectivity index (χ3n) is 2.76. The van der Waals surface area contributed by atoms with Crippen molar-refractivity contribution >= 4 is 39.3 Å². The molecule has 3 heterocycles. The van der Waals surface area contributed by atoms with Crippen LogP contribution >= 0.6 is 23.1 Å². The first-order valence-corrected chi connectivity index (χ1v) is 8.15. The van der Waals surface area contributed by atoms with Crippen LogP contribution in [0.15, 0.2) is 28.6 Å². The Morgan fingerprint density at radius 2 is 2.25 bits per heavy atom. The van der Waals surface area contributed by atoms with Crippen LogP contribution in [0.2, 0.25) is 0 Å². The van der Waals surface area contributed by atoms with Gasteiger partial charge in [-0.3, -0.25) is 0 Å². The van der Waals surface area contributed by atoms with E-state index >= 15 is 0 Å². The zero-order valence-electron chi connectivity index (χ0n) is 11.3. The summed E-state index contributed by atoms with van der Waals surface area (Å²) in [7, 11) is 0. The first kappa shape index (κ1) is 13.4. The Morgan fingerprint density at radius 1 is 1.35 bits per heavy atom. The highest BCUT2D eigenvalue weighted by atomic mass is 32.2. The van der Waals surface area contributed by atoms with Crippen LogP contribution in [0.5, 0.6) is 0 Å². The molecule has 0 aromatic carbocycles. The number of nitrogens with zero attached hydrogens (tertiary/aromatic N) is 3. The number of thiophene rings is 1. The number of aromatic amines is 1. The average molecular weight is 305 g/mol. The molecule has 3 aromatic heterocycles. The minimum absolute atomic E-state index is 0.679. The van der Waals surface area contributed by atoms with Crippen molar-refractivity contribution < 1.29 is 0 Å². The van der Waals surface area contributed by atoms with Gasteiger partial charge in [-0.25, -0.2) is 15.0 Å². The van der Waals surface area contributed by atoms with Crippen LogP contribution in [0.4, 0.5) is 5.95 Å². The molecule has 7 heteroatoms. The molecule has 3 rings (SSSR count). The van der Waals surface area contributed by atoms with Crippen molar-refractivity contribution in [2.24, 2.45) is 0 Å². The summed E-state index contributed by atoms with van der Waals surface area (Å²) < 4.78 is 0. The van der Waals surface area contributed by atoms with Gasteiger partial charge in [0.15, 0.2) is 5.16 Å². The Balaban J connectivity index is 2.08. The third kappa shape index (κ3) is 2.64. The maximum atomic E-state index is 4.60. The Bertz CT molecular complexity index is 705. The highest BCUT2D eigenvalue weighted by Gasteiger charge is 2.13. The highest BCUT2D eigenvalue weighted by Crippen LogP contribution is 2.34. The van der Waals surface area contributed by atoms with Gasteiger partial charge in [-0.2, -0.15) is 0 Å². The Labute approximate surface area is 125 Å². The molecule has 3 aromatic rings. The molecule has 20 heavy (non-hydrogen) atoms. The lowest BCUT2D eigenvalue weighted by molar-refractivity contribution is 1.03. The fraction of sp³-hybridized carbons (Fsp3) is 0.308. The van der Waals surface area contributed by atoms with Gasteiger partial charge in [-0.05, 0) is 31.2 Å². The number of imidazole rings is 1. The standard InChI is InChI=1S/C13H15N5S2/c1-3-8-7-9-10(19-8)17-12(14-4-2)18-11(9)20-13-15-5-6-16-13/h5-7H,3-4H2,1-2H3,(H,15,16)(H,14,17,18). The fourth-order valence-corrected chi connectivity index (χ4v) is 3.69. The van der Waals surface area contributed by atoms with Crippen LogP contribution in [0.1, 0.15) is 18.7 Å². The van der Waals surface area contributed by atoms with Gasteiger partial charge in [0.2, 0.25) is 5.95 Å². The minimum Gasteiger partial charge on any atom is -0.354 e. The predicted octanol–water partition coefficient (Wildman–Crippen LogP) is 3.56. The molecule has 0 amide bonds. The number of nitrogens with one attached hydrogen (secondary N) is 2. The van der Waals surface area contributed by atoms with Crippen molar-refractivity contribution in [3.63, 3.8) is 0 Å². The number of aryl methyl sites for hydroxylation is 1. The lowest BCUT2D eigenvalue weighted by atomic mass is 10.3. The number of hydrogen-bond donors (Lipinski definition) is 2. The first-order chi connectivity index (χ1) is 9.80. The van der Waals surface area contributed by atoms with E-state index in [9.17, 15) is 0 Å². The molecule has 0 saturated carbocycles. The van der Waals surface area contributed by atoms with Crippen molar-refractivity contribution in [2.45, 2.75) is 30.5 Å². The monoisotopic (exact) mass is 305 g/mol. The molecule has 0 spiro atoms. The zero-order valence-corrected chi connectivity index (χ0v) is 12.9. The summed E-state index contributed by atoms with van der Waals surface area (Å²) in [6, 6.07) is 2.18. The summed E-state index contributed by atoms with van der Waals surface area (Å²) in [6.07, 6.45) is 4.58. The van der Waals surface area contributed by atoms with Crippen molar-refractivity contribution in [1.82, 2.24) is 19.9 Å². The Hall–Kier alpha value is -1.60. The van der Waals surface area contributed by atoms with Gasteiger partial charge < -0.3 is 10.3 Å². The van der Waals surface area contributed by atoms with Crippen LogP contribution in [0.3, 0.4) is 0 Å². The van der Waals surface area contributed by atoms with E-state index in [2.05, 4.69) is 38.2 Å². The number of hydrogen-bond acceptors (Lipinski definition) is 6. The maximum absolute atomic E-state index is 4.60. The second-order valence-electron chi connectivity index (χ2n) is 4.16. The summed E-state index contributed by atoms with van der Waals surface area (Å²) in [4.78, 5) is 18.9. The highest BCUT2D eigenvalue weighted by molar-refractivity contribution is 7.99. The van der Waals surface area contributed by atoms with Crippen molar-refractivity contribution in [1.29, 1.82) is 0 Å². The van der Waals surface area contributed by atoms with E-state index in [4.69, 9.17) is 0 Å². The first-order valence-electron chi connectivity index (χ1n) is 6.51. The number of fused-ring (bicyclic) bond motifs is 1. The summed E-state index contributed by atoms with van der Waals surface area (Å²) in [5.74, 6) is 0.679. The van der Waals surface area contributed by atoms with Gasteiger partial charge in [0, 0.05) is 29.2 Å². The summed E-state index contributed by atoms with van der Waals surface area (Å²) in [5.41, 5.74) is 0. The topological polar surface area (TPSA) is 66.5 Å². The molecular formula is C13H15N5S2. The largest absolute Gasteiger partial charge is 0.354 e. The van der Waals surface area contributed by atoms with E-state index in [1.165, 1.54) is 16.6 Å². The average Bonchev–Trinajstić information content (AvgIpc) is 3.07. The molecule has 0 aliphatic rings. The number of H-pyrrole nitrogens is 1. The van der Waals surface area contributed by atoms with E-state index in [0.29, 0.717) is 5.95 Å². The van der Waals surface area contributed by atoms with Crippen molar-refractivity contribution in [3.8, 4) is 0 Å². The number of aromatic nitrogens is 4. The molecule has 0 radical (unpaired) electrons. The van der Waals surface area contributed by atoms with Crippen LogP contribution in [-0.4, -0.2) is 26.5 Å². The third-order valence-corrected chi connectivity index (χ3v) is 4.85. The molecule has 0 bridgehead atoms. The molecular weight excluding hydrogens is 290 g/mol. The summed E-state index contributed by atoms with van der Waals surface area (Å²) in [6.45, 7) is 5.00. The van der Waals surface area contributed by atoms with Gasteiger partial charge in [-0.15, -0.1) is 11.3 Å². The number of anilines is 1. The molecule has 0 aliphatic carbocycles. The van der Waals surface area contributed by atoms with E-state index in [1.54, 1.807) is 17.5 Å². The van der Waals surface area contributed by atoms with Gasteiger partial charge >= 0.3 is 0 Å². The molecule has 104 valence electrons. The second-order valence-corrected chi connectivity index (χ2v) is 6.26. The van der Waals surface area contributed by atoms with Crippen molar-refractivity contribution in [2.75, 3.05) is 11.9 Å². The van der Waals surface area contributed by atoms with Gasteiger partial charge in [0.1, 0.15) is 9.86 Å². The van der Waals surface area contributed by atoms with E-state index in [-0.39, 0.29) is 0 Å². The minimum atomic E-state index is 0.679. The molecule has 0 saturated heterocycles. The molecule has 0 fully saturated rings. The summed E-state index contributed by atoms with van der Waals surface area (Å²) in [5, 5.41) is 6.08. The van der Waals surface area contributed by atoms with E-state index in [1.807, 2.05) is 13.1 Å². The van der Waals surface area contributed by atoms with Crippen molar-refractivity contribution in [3.05, 3.63) is 23.3 Å². The zero-order chi connectivity index (χ0) is 13.9. The molecule has 0 atom stereocenters. The van der Waals surface area contributed by atoms with Crippen LogP contribution in [-0.2, 0) is 6.42 Å². The lowest BCUT2D eigenvalue weighted by Gasteiger charge is -2.04. The Morgan fingerprint density at radius 3 is 2.95 bits per heavy atom. The molecule has 5 nitrogen and oxygen atoms in total. The lowest BCUT2D eigenvalue weighted by Crippen LogP contribution is -2.02. The van der Waals surface area contributed by atoms with Crippen LogP contribution < -0.4 is 5.32 Å². The molecule has 2 N–H and O–H groups in total. The smallest absolute Gasteiger partial charge is 0.225 e.